The fourth-order valence-electron chi connectivity index (χ4n) is 0. The molecule has 6 heavy (non-hydrogen) atoms. The maximum absolute atomic E-state index is 3.37. The van der Waals surface area contributed by atoms with Crippen LogP contribution in [-0.2, 0) is 0 Å². The summed E-state index contributed by atoms with van der Waals surface area (Å²) in [5.41, 5.74) is 0. The fraction of sp³-hybridized carbons (Fsp3) is 1.00. The lowest BCUT2D eigenvalue weighted by molar-refractivity contribution is 0.922. The van der Waals surface area contributed by atoms with Crippen LogP contribution in [0.25, 0.3) is 0 Å². The van der Waals surface area contributed by atoms with Gasteiger partial charge in [0.2, 0.25) is 0 Å². The molecule has 0 spiro atoms. The van der Waals surface area contributed by atoms with Gasteiger partial charge < -0.3 is 6.15 Å². The van der Waals surface area contributed by atoms with E-state index in [4.69, 9.17) is 0 Å². The van der Waals surface area contributed by atoms with Crippen LogP contribution < -0.4 is 6.15 Å². The van der Waals surface area contributed by atoms with Gasteiger partial charge in [-0.25, -0.2) is 0 Å². The van der Waals surface area contributed by atoms with Crippen LogP contribution in [0.3, 0.4) is 0 Å². The maximum Gasteiger partial charge on any atom is 0.0114 e. The summed E-state index contributed by atoms with van der Waals surface area (Å²) in [5, 5.41) is 0. The highest BCUT2D eigenvalue weighted by Crippen LogP contribution is 1.99. The van der Waals surface area contributed by atoms with Gasteiger partial charge in [0.25, 0.3) is 0 Å². The fourth-order valence-corrected chi connectivity index (χ4v) is 0. The first-order valence-corrected chi connectivity index (χ1v) is 2.83. The zero-order valence-electron chi connectivity index (χ0n) is 4.37. The number of alkyl halides is 1. The van der Waals surface area contributed by atoms with E-state index in [1.807, 2.05) is 0 Å². The van der Waals surface area contributed by atoms with Crippen molar-refractivity contribution in [2.45, 2.75) is 25.1 Å². The lowest BCUT2D eigenvalue weighted by atomic mass is 10.4. The van der Waals surface area contributed by atoms with Crippen molar-refractivity contribution in [2.75, 3.05) is 0 Å². The molecule has 3 N–H and O–H groups in total. The standard InChI is InChI=1S/C4H9Br.H3N/c1-3-4(2)5;/h4H,3H2,1-2H3;1H3. The molecule has 0 rings (SSSR count). The third-order valence-corrected chi connectivity index (χ3v) is 1.21. The van der Waals surface area contributed by atoms with Gasteiger partial charge in [0.05, 0.1) is 0 Å². The SMILES string of the molecule is CCC(C)Br.N. The highest BCUT2D eigenvalue weighted by Gasteiger charge is 1.82. The van der Waals surface area contributed by atoms with Crippen LogP contribution in [0.1, 0.15) is 20.3 Å². The molecule has 0 aromatic heterocycles. The minimum atomic E-state index is 0. The van der Waals surface area contributed by atoms with Gasteiger partial charge >= 0.3 is 0 Å². The lowest BCUT2D eigenvalue weighted by Crippen LogP contribution is -1.80. The van der Waals surface area contributed by atoms with Crippen molar-refractivity contribution in [1.29, 1.82) is 0 Å². The molecule has 0 heterocycles. The molecular weight excluding hydrogens is 142 g/mol. The smallest absolute Gasteiger partial charge is 0.0114 e. The lowest BCUT2D eigenvalue weighted by Gasteiger charge is -1.88. The van der Waals surface area contributed by atoms with E-state index in [9.17, 15) is 0 Å². The Morgan fingerprint density at radius 1 is 1.67 bits per heavy atom. The minimum Gasteiger partial charge on any atom is -0.344 e. The van der Waals surface area contributed by atoms with E-state index < -0.39 is 0 Å². The summed E-state index contributed by atoms with van der Waals surface area (Å²) in [6, 6.07) is 0. The Balaban J connectivity index is 0. The molecule has 1 unspecified atom stereocenters. The van der Waals surface area contributed by atoms with Crippen molar-refractivity contribution >= 4 is 15.9 Å². The Morgan fingerprint density at radius 2 is 1.83 bits per heavy atom. The average molecular weight is 154 g/mol. The van der Waals surface area contributed by atoms with Crippen LogP contribution in [0.4, 0.5) is 0 Å². The Bertz CT molecular complexity index is 21.5. The van der Waals surface area contributed by atoms with Crippen molar-refractivity contribution in [2.24, 2.45) is 0 Å². The van der Waals surface area contributed by atoms with Crippen molar-refractivity contribution in [3.05, 3.63) is 0 Å². The summed E-state index contributed by atoms with van der Waals surface area (Å²) in [5.74, 6) is 0. The molecule has 1 atom stereocenters. The second-order valence-corrected chi connectivity index (χ2v) is 2.75. The van der Waals surface area contributed by atoms with Gasteiger partial charge in [-0.15, -0.1) is 0 Å². The third-order valence-electron chi connectivity index (χ3n) is 0.563. The first-order valence-electron chi connectivity index (χ1n) is 1.91. The summed E-state index contributed by atoms with van der Waals surface area (Å²) < 4.78 is 0. The largest absolute Gasteiger partial charge is 0.344 e. The number of hydrogen-bond donors (Lipinski definition) is 1. The first-order chi connectivity index (χ1) is 2.27. The molecule has 2 heteroatoms. The highest BCUT2D eigenvalue weighted by atomic mass is 79.9. The minimum absolute atomic E-state index is 0. The molecule has 0 saturated heterocycles. The Hall–Kier alpha value is 0.440. The molecule has 0 aliphatic rings. The van der Waals surface area contributed by atoms with E-state index in [1.54, 1.807) is 0 Å². The number of hydrogen-bond acceptors (Lipinski definition) is 1. The monoisotopic (exact) mass is 153 g/mol. The zero-order valence-corrected chi connectivity index (χ0v) is 5.96. The molecule has 0 aliphatic heterocycles. The maximum atomic E-state index is 3.37. The van der Waals surface area contributed by atoms with Crippen LogP contribution in [0, 0.1) is 0 Å². The van der Waals surface area contributed by atoms with Crippen LogP contribution in [0.15, 0.2) is 0 Å². The normalized spacial score (nSPS) is 12.5. The van der Waals surface area contributed by atoms with E-state index in [1.165, 1.54) is 6.42 Å². The summed E-state index contributed by atoms with van der Waals surface area (Å²) in [4.78, 5) is 0.697. The second kappa shape index (κ2) is 5.44. The highest BCUT2D eigenvalue weighted by molar-refractivity contribution is 9.09. The number of rotatable bonds is 1. The van der Waals surface area contributed by atoms with Crippen LogP contribution in [0.5, 0.6) is 0 Å². The van der Waals surface area contributed by atoms with E-state index >= 15 is 0 Å². The molecule has 0 aromatic rings. The molecule has 1 nitrogen and oxygen atoms in total. The Labute approximate surface area is 47.8 Å². The van der Waals surface area contributed by atoms with Gasteiger partial charge in [-0.2, -0.15) is 0 Å². The Morgan fingerprint density at radius 3 is 1.83 bits per heavy atom. The van der Waals surface area contributed by atoms with Gasteiger partial charge in [-0.05, 0) is 6.42 Å². The van der Waals surface area contributed by atoms with Gasteiger partial charge in [-0.1, -0.05) is 29.8 Å². The predicted octanol–water partition coefficient (Wildman–Crippen LogP) is 2.34. The molecule has 0 fully saturated rings. The summed E-state index contributed by atoms with van der Waals surface area (Å²) in [7, 11) is 0. The molecule has 0 saturated carbocycles. The van der Waals surface area contributed by atoms with Crippen molar-refractivity contribution in [3.63, 3.8) is 0 Å². The van der Waals surface area contributed by atoms with E-state index in [0.717, 1.165) is 0 Å². The Kier molecular flexibility index (Phi) is 8.77. The first kappa shape index (κ1) is 9.67. The van der Waals surface area contributed by atoms with Crippen LogP contribution in [-0.4, -0.2) is 4.83 Å². The average Bonchev–Trinajstić information content (AvgIpc) is 1.38. The summed E-state index contributed by atoms with van der Waals surface area (Å²) >= 11 is 3.37. The molecule has 40 valence electrons. The molecule has 0 bridgehead atoms. The second-order valence-electron chi connectivity index (χ2n) is 1.19. The predicted molar refractivity (Wildman–Crippen MR) is 33.7 cm³/mol. The van der Waals surface area contributed by atoms with E-state index in [-0.39, 0.29) is 6.15 Å². The molecule has 0 aromatic carbocycles. The molecule has 0 radical (unpaired) electrons. The van der Waals surface area contributed by atoms with Crippen LogP contribution in [0.2, 0.25) is 0 Å². The van der Waals surface area contributed by atoms with Gasteiger partial charge in [0.15, 0.2) is 0 Å². The van der Waals surface area contributed by atoms with Crippen molar-refractivity contribution in [3.8, 4) is 0 Å². The molecular formula is C4H12BrN. The summed E-state index contributed by atoms with van der Waals surface area (Å²) in [6.45, 7) is 4.29. The quantitative estimate of drug-likeness (QED) is 0.578. The van der Waals surface area contributed by atoms with Gasteiger partial charge in [0, 0.05) is 4.83 Å². The summed E-state index contributed by atoms with van der Waals surface area (Å²) in [6.07, 6.45) is 1.22. The zero-order chi connectivity index (χ0) is 4.28. The third kappa shape index (κ3) is 8.83. The van der Waals surface area contributed by atoms with Crippen molar-refractivity contribution in [1.82, 2.24) is 6.15 Å². The number of halogens is 1. The van der Waals surface area contributed by atoms with Crippen molar-refractivity contribution < 1.29 is 0 Å². The van der Waals surface area contributed by atoms with E-state index in [2.05, 4.69) is 29.8 Å². The molecule has 0 amide bonds. The van der Waals surface area contributed by atoms with Gasteiger partial charge in [0.1, 0.15) is 0 Å². The van der Waals surface area contributed by atoms with Crippen LogP contribution >= 0.6 is 15.9 Å². The molecule has 0 aliphatic carbocycles. The van der Waals surface area contributed by atoms with E-state index in [0.29, 0.717) is 4.83 Å². The topological polar surface area (TPSA) is 35.0 Å². The van der Waals surface area contributed by atoms with Gasteiger partial charge in [-0.3, -0.25) is 0 Å².